The number of Topliss-reactive ketones (excluding diaryl/α,β-unsaturated/α-hetero) is 1. The first-order chi connectivity index (χ1) is 34.2. The van der Waals surface area contributed by atoms with Crippen LogP contribution in [0, 0.1) is 5.92 Å². The zero-order valence-electron chi connectivity index (χ0n) is 41.1. The summed E-state index contributed by atoms with van der Waals surface area (Å²) in [7, 11) is -3.67. The number of H-pyrrole nitrogens is 1. The maximum Gasteiger partial charge on any atom is 0.328 e. The van der Waals surface area contributed by atoms with Gasteiger partial charge in [-0.1, -0.05) is 49.0 Å². The summed E-state index contributed by atoms with van der Waals surface area (Å²) in [6.45, 7) is 13.7. The summed E-state index contributed by atoms with van der Waals surface area (Å²) in [5.74, 6) is -2.04. The standard InChI is InChI=1S/C23H29N3O2S.C19H26N2S.2C4H4O4.CH4O3S/c1-18(28)19-7-8-23-21(17-19)26(20-5-2-3-6-22(20)29-23)10-4-9-24-11-13-25(14-12-24)15-16-27;1-3-7-21-11-13(12-22-2)8-16-15-5-4-6-17-19(15)14(10-20-17)9-18(16)21;2*5-3(6)1-2-4(7)8;1-5(2,3)4/h2-3,5-8,17,27H,4,9-16H2,1H3;4-6,10,13,16,18,20H,3,7-9,11-12H2,1-2H3;2*1-2H,(H,5,6)(H,7,8);1H3,(H,2,3,4)/b;;2*2-1-;/t;13-,16-,18-;;;/m.1.../s1. The summed E-state index contributed by atoms with van der Waals surface area (Å²) in [5.41, 5.74) is 7.63. The summed E-state index contributed by atoms with van der Waals surface area (Å²) in [6, 6.07) is 22.2. The van der Waals surface area contributed by atoms with Crippen molar-refractivity contribution in [1.82, 2.24) is 19.7 Å². The molecule has 7 N–H and O–H groups in total. The normalized spacial score (nSPS) is 18.4. The number of aromatic nitrogens is 1. The molecular weight excluding hydrogens is 987 g/mol. The van der Waals surface area contributed by atoms with E-state index in [9.17, 15) is 32.4 Å². The van der Waals surface area contributed by atoms with Gasteiger partial charge < -0.3 is 40.3 Å². The average molecular weight is 1050 g/mol. The predicted octanol–water partition coefficient (Wildman–Crippen LogP) is 6.69. The van der Waals surface area contributed by atoms with Crippen LogP contribution >= 0.6 is 23.5 Å². The second-order valence-electron chi connectivity index (χ2n) is 17.5. The minimum absolute atomic E-state index is 0.109. The number of carboxylic acid groups (broad SMARTS) is 4. The van der Waals surface area contributed by atoms with Crippen LogP contribution in [0.25, 0.3) is 10.9 Å². The minimum atomic E-state index is -3.67. The van der Waals surface area contributed by atoms with Crippen LogP contribution in [-0.4, -0.2) is 178 Å². The van der Waals surface area contributed by atoms with Crippen LogP contribution in [0.3, 0.4) is 0 Å². The van der Waals surface area contributed by atoms with Gasteiger partial charge in [-0.3, -0.25) is 19.1 Å². The van der Waals surface area contributed by atoms with E-state index in [-0.39, 0.29) is 12.4 Å². The number of rotatable bonds is 15. The summed E-state index contributed by atoms with van der Waals surface area (Å²) in [6.07, 6.45) is 12.4. The molecule has 3 aromatic carbocycles. The smallest absolute Gasteiger partial charge is 0.328 e. The van der Waals surface area contributed by atoms with Crippen molar-refractivity contribution in [3.8, 4) is 0 Å². The number of piperazine rings is 1. The van der Waals surface area contributed by atoms with E-state index in [0.717, 1.165) is 75.3 Å². The van der Waals surface area contributed by atoms with E-state index in [2.05, 4.69) is 92.5 Å². The lowest BCUT2D eigenvalue weighted by molar-refractivity contribution is -0.134. The molecule has 4 heterocycles. The van der Waals surface area contributed by atoms with E-state index in [0.29, 0.717) is 36.6 Å². The monoisotopic (exact) mass is 1050 g/mol. The van der Waals surface area contributed by atoms with Gasteiger partial charge in [0.05, 0.1) is 24.2 Å². The lowest BCUT2D eigenvalue weighted by Gasteiger charge is -2.47. The highest BCUT2D eigenvalue weighted by Gasteiger charge is 2.40. The Balaban J connectivity index is 0.000000228. The van der Waals surface area contributed by atoms with Crippen molar-refractivity contribution in [3.05, 3.63) is 108 Å². The Morgan fingerprint density at radius 1 is 0.792 bits per heavy atom. The van der Waals surface area contributed by atoms with Gasteiger partial charge in [0.1, 0.15) is 0 Å². The van der Waals surface area contributed by atoms with Crippen molar-refractivity contribution in [2.45, 2.75) is 61.3 Å². The second-order valence-corrected chi connectivity index (χ2v) is 20.9. The number of carbonyl (C=O) groups excluding carboxylic acids is 1. The number of benzene rings is 3. The Hall–Kier alpha value is -5.52. The zero-order chi connectivity index (χ0) is 53.0. The number of nitrogens with zero attached hydrogens (tertiary/aromatic N) is 4. The topological polar surface area (TPSA) is 270 Å². The fraction of sp³-hybridized carbons (Fsp3) is 0.431. The number of carboxylic acids is 4. The van der Waals surface area contributed by atoms with E-state index in [1.54, 1.807) is 24.2 Å². The van der Waals surface area contributed by atoms with E-state index in [1.165, 1.54) is 70.0 Å². The summed E-state index contributed by atoms with van der Waals surface area (Å²) < 4.78 is 25.9. The maximum absolute atomic E-state index is 11.9. The first-order valence-electron chi connectivity index (χ1n) is 23.5. The third kappa shape index (κ3) is 19.2. The van der Waals surface area contributed by atoms with Crippen LogP contribution < -0.4 is 4.90 Å². The van der Waals surface area contributed by atoms with E-state index in [1.807, 2.05) is 23.9 Å². The van der Waals surface area contributed by atoms with Crippen molar-refractivity contribution in [1.29, 1.82) is 0 Å². The number of para-hydroxylation sites is 1. The van der Waals surface area contributed by atoms with E-state index in [4.69, 9.17) is 30.1 Å². The Bertz CT molecular complexity index is 2560. The summed E-state index contributed by atoms with van der Waals surface area (Å²) in [5, 5.41) is 41.9. The molecule has 4 aromatic rings. The molecule has 0 unspecified atom stereocenters. The highest BCUT2D eigenvalue weighted by molar-refractivity contribution is 7.99. The van der Waals surface area contributed by atoms with Crippen LogP contribution in [0.1, 0.15) is 60.5 Å². The molecule has 8 rings (SSSR count). The van der Waals surface area contributed by atoms with Crippen LogP contribution in [-0.2, 0) is 35.7 Å². The number of nitrogens with one attached hydrogen (secondary N) is 1. The number of ketones is 1. The highest BCUT2D eigenvalue weighted by atomic mass is 32.2. The molecule has 3 aliphatic heterocycles. The number of aromatic amines is 1. The van der Waals surface area contributed by atoms with Crippen molar-refractivity contribution in [2.75, 3.05) is 88.7 Å². The molecule has 0 amide bonds. The van der Waals surface area contributed by atoms with Crippen LogP contribution in [0.2, 0.25) is 0 Å². The molecule has 0 radical (unpaired) electrons. The Morgan fingerprint density at radius 2 is 1.38 bits per heavy atom. The Labute approximate surface area is 429 Å². The fourth-order valence-electron chi connectivity index (χ4n) is 9.20. The number of hydrogen-bond donors (Lipinski definition) is 7. The molecule has 18 nitrogen and oxygen atoms in total. The number of aliphatic hydroxyl groups excluding tert-OH is 1. The molecular formula is C51H67N5O13S3. The van der Waals surface area contributed by atoms with Gasteiger partial charge in [0, 0.05) is 115 Å². The largest absolute Gasteiger partial charge is 0.478 e. The number of piperidine rings is 1. The van der Waals surface area contributed by atoms with Crippen LogP contribution in [0.4, 0.5) is 11.4 Å². The number of fused-ring (bicyclic) bond motifs is 4. The van der Waals surface area contributed by atoms with Crippen molar-refractivity contribution >= 4 is 85.6 Å². The highest BCUT2D eigenvalue weighted by Crippen LogP contribution is 2.49. The van der Waals surface area contributed by atoms with Gasteiger partial charge >= 0.3 is 23.9 Å². The van der Waals surface area contributed by atoms with Gasteiger partial charge in [0.15, 0.2) is 5.78 Å². The number of β-amino-alcohol motifs (C(OH)–C–C–N with tert-alkyl or cyclic N) is 1. The number of hydrogen-bond acceptors (Lipinski definition) is 14. The molecule has 2 fully saturated rings. The molecule has 1 aromatic heterocycles. The van der Waals surface area contributed by atoms with Gasteiger partial charge in [0.25, 0.3) is 10.1 Å². The third-order valence-corrected chi connectivity index (χ3v) is 14.0. The number of anilines is 2. The predicted molar refractivity (Wildman–Crippen MR) is 282 cm³/mol. The molecule has 21 heteroatoms. The van der Waals surface area contributed by atoms with Gasteiger partial charge in [-0.25, -0.2) is 19.2 Å². The van der Waals surface area contributed by atoms with Crippen molar-refractivity contribution in [2.24, 2.45) is 5.92 Å². The van der Waals surface area contributed by atoms with E-state index < -0.39 is 34.0 Å². The summed E-state index contributed by atoms with van der Waals surface area (Å²) >= 11 is 3.80. The Morgan fingerprint density at radius 3 is 1.93 bits per heavy atom. The molecule has 4 aliphatic rings. The van der Waals surface area contributed by atoms with Gasteiger partial charge in [-0.15, -0.1) is 0 Å². The molecule has 392 valence electrons. The first kappa shape index (κ1) is 59.0. The zero-order valence-corrected chi connectivity index (χ0v) is 43.5. The molecule has 3 atom stereocenters. The molecule has 0 bridgehead atoms. The fourth-order valence-corrected chi connectivity index (χ4v) is 11.0. The molecule has 0 spiro atoms. The molecule has 72 heavy (non-hydrogen) atoms. The van der Waals surface area contributed by atoms with Crippen LogP contribution in [0.5, 0.6) is 0 Å². The second kappa shape index (κ2) is 29.2. The number of aliphatic carboxylic acids is 4. The Kier molecular flexibility index (Phi) is 24.0. The third-order valence-electron chi connectivity index (χ3n) is 12.1. The average Bonchev–Trinajstić information content (AvgIpc) is 3.75. The number of likely N-dealkylation sites (tertiary alicyclic amines) is 1. The molecule has 0 saturated carbocycles. The number of thioether (sulfide) groups is 1. The lowest BCUT2D eigenvalue weighted by atomic mass is 9.72. The quantitative estimate of drug-likeness (QED) is 0.0371. The van der Waals surface area contributed by atoms with Crippen molar-refractivity contribution in [3.63, 3.8) is 0 Å². The number of aliphatic hydroxyl groups is 1. The minimum Gasteiger partial charge on any atom is -0.478 e. The first-order valence-corrected chi connectivity index (χ1v) is 27.6. The van der Waals surface area contributed by atoms with Crippen LogP contribution in [0.15, 0.2) is 101 Å². The number of carbonyl (C=O) groups is 5. The maximum atomic E-state index is 11.9. The van der Waals surface area contributed by atoms with Crippen molar-refractivity contribution < 1.29 is 62.5 Å². The van der Waals surface area contributed by atoms with E-state index >= 15 is 0 Å². The molecule has 1 aliphatic carbocycles. The van der Waals surface area contributed by atoms with Gasteiger partial charge in [-0.2, -0.15) is 20.2 Å². The molecule has 2 saturated heterocycles. The van der Waals surface area contributed by atoms with Gasteiger partial charge in [0.2, 0.25) is 0 Å². The summed E-state index contributed by atoms with van der Waals surface area (Å²) in [4.78, 5) is 66.1. The lowest BCUT2D eigenvalue weighted by Crippen LogP contribution is -2.50. The van der Waals surface area contributed by atoms with Gasteiger partial charge in [-0.05, 0) is 105 Å². The SMILES string of the molecule is CC(=O)c1ccc2c(c1)N(CCCN1CCN(CCO)CC1)c1ccccc1S2.CCCN1C[C@H](CSC)C[C@@H]2c3cccc4[nH]cc(c34)C[C@H]21.CS(=O)(=O)O.O=C(O)/C=C\C(=O)O.O=C(O)/C=C\C(=O)O.